The third-order valence-corrected chi connectivity index (χ3v) is 1.66. The fraction of sp³-hybridized carbons (Fsp3) is 0.750. The third-order valence-electron chi connectivity index (χ3n) is 1.66. The van der Waals surface area contributed by atoms with E-state index in [1.807, 2.05) is 7.05 Å². The van der Waals surface area contributed by atoms with Crippen molar-refractivity contribution in [3.8, 4) is 0 Å². The molecule has 0 unspecified atom stereocenters. The number of nitrogens with one attached hydrogen (secondary N) is 1. The number of aliphatic hydroxyl groups excluding tert-OH is 1. The molecule has 1 aromatic heterocycles. The molecule has 5 heteroatoms. The Kier molecular flexibility index (Phi) is 4.42. The van der Waals surface area contributed by atoms with E-state index in [1.54, 1.807) is 0 Å². The predicted molar refractivity (Wildman–Crippen MR) is 47.3 cm³/mol. The van der Waals surface area contributed by atoms with Gasteiger partial charge in [0.2, 0.25) is 5.89 Å². The summed E-state index contributed by atoms with van der Waals surface area (Å²) >= 11 is 0. The number of aryl methyl sites for hydroxylation is 1. The average Bonchev–Trinajstić information content (AvgIpc) is 2.59. The summed E-state index contributed by atoms with van der Waals surface area (Å²) in [7, 11) is 1.88. The van der Waals surface area contributed by atoms with Crippen molar-refractivity contribution in [3.05, 3.63) is 11.7 Å². The molecule has 2 N–H and O–H groups in total. The molecule has 13 heavy (non-hydrogen) atoms. The zero-order valence-electron chi connectivity index (χ0n) is 7.79. The van der Waals surface area contributed by atoms with Gasteiger partial charge in [-0.25, -0.2) is 0 Å². The van der Waals surface area contributed by atoms with Gasteiger partial charge >= 0.3 is 0 Å². The molecular formula is C8H15N3O2. The van der Waals surface area contributed by atoms with E-state index in [2.05, 4.69) is 15.5 Å². The van der Waals surface area contributed by atoms with Gasteiger partial charge in [0.05, 0.1) is 0 Å². The Morgan fingerprint density at radius 3 is 3.00 bits per heavy atom. The van der Waals surface area contributed by atoms with Crippen LogP contribution in [0.1, 0.15) is 18.1 Å². The Balaban J connectivity index is 2.34. The molecule has 1 rings (SSSR count). The van der Waals surface area contributed by atoms with Crippen LogP contribution < -0.4 is 5.32 Å². The maximum Gasteiger partial charge on any atom is 0.226 e. The molecule has 0 aliphatic carbocycles. The van der Waals surface area contributed by atoms with Crippen LogP contribution in [-0.2, 0) is 12.8 Å². The molecule has 1 heterocycles. The minimum absolute atomic E-state index is 0.161. The Hall–Kier alpha value is -0.940. The predicted octanol–water partition coefficient (Wildman–Crippen LogP) is -0.244. The lowest BCUT2D eigenvalue weighted by atomic mass is 10.3. The van der Waals surface area contributed by atoms with Gasteiger partial charge < -0.3 is 14.9 Å². The van der Waals surface area contributed by atoms with Crippen molar-refractivity contribution in [1.29, 1.82) is 0 Å². The number of nitrogens with zero attached hydrogens (tertiary/aromatic N) is 2. The monoisotopic (exact) mass is 185 g/mol. The van der Waals surface area contributed by atoms with Gasteiger partial charge in [0.1, 0.15) is 0 Å². The largest absolute Gasteiger partial charge is 0.396 e. The van der Waals surface area contributed by atoms with Crippen molar-refractivity contribution < 1.29 is 9.63 Å². The number of aromatic nitrogens is 2. The van der Waals surface area contributed by atoms with Crippen LogP contribution in [-0.4, -0.2) is 35.4 Å². The molecule has 74 valence electrons. The van der Waals surface area contributed by atoms with Crippen LogP contribution in [0.2, 0.25) is 0 Å². The second-order valence-corrected chi connectivity index (χ2v) is 2.79. The van der Waals surface area contributed by atoms with E-state index in [0.29, 0.717) is 18.7 Å². The Labute approximate surface area is 77.2 Å². The molecule has 0 radical (unpaired) electrons. The number of hydrogen-bond donors (Lipinski definition) is 2. The number of likely N-dealkylation sites (N-methyl/N-ethyl adjacent to an activating group) is 1. The fourth-order valence-corrected chi connectivity index (χ4v) is 0.960. The maximum absolute atomic E-state index is 8.58. The summed E-state index contributed by atoms with van der Waals surface area (Å²) in [6, 6.07) is 0. The van der Waals surface area contributed by atoms with Gasteiger partial charge in [-0.15, -0.1) is 0 Å². The minimum Gasteiger partial charge on any atom is -0.396 e. The van der Waals surface area contributed by atoms with Gasteiger partial charge in [-0.05, 0) is 13.5 Å². The van der Waals surface area contributed by atoms with E-state index in [1.165, 1.54) is 0 Å². The normalized spacial score (nSPS) is 10.6. The molecule has 1 aromatic rings. The molecule has 5 nitrogen and oxygen atoms in total. The summed E-state index contributed by atoms with van der Waals surface area (Å²) < 4.78 is 4.96. The van der Waals surface area contributed by atoms with Gasteiger partial charge in [-0.1, -0.05) is 5.16 Å². The van der Waals surface area contributed by atoms with Crippen molar-refractivity contribution in [2.24, 2.45) is 0 Å². The summed E-state index contributed by atoms with van der Waals surface area (Å²) in [6.07, 6.45) is 2.11. The van der Waals surface area contributed by atoms with Crippen molar-refractivity contribution in [3.63, 3.8) is 0 Å². The Morgan fingerprint density at radius 1 is 1.46 bits per heavy atom. The summed E-state index contributed by atoms with van der Waals surface area (Å²) in [4.78, 5) is 4.16. The van der Waals surface area contributed by atoms with Crippen molar-refractivity contribution in [2.45, 2.75) is 19.3 Å². The number of aliphatic hydroxyl groups is 1. The Morgan fingerprint density at radius 2 is 2.31 bits per heavy atom. The molecule has 0 aliphatic heterocycles. The topological polar surface area (TPSA) is 71.2 Å². The molecule has 0 saturated heterocycles. The first-order chi connectivity index (χ1) is 6.36. The smallest absolute Gasteiger partial charge is 0.226 e. The quantitative estimate of drug-likeness (QED) is 0.640. The second kappa shape index (κ2) is 5.66. The molecule has 0 spiro atoms. The van der Waals surface area contributed by atoms with Gasteiger partial charge in [0, 0.05) is 26.0 Å². The summed E-state index contributed by atoms with van der Waals surface area (Å²) in [6.45, 7) is 1.01. The highest BCUT2D eigenvalue weighted by Crippen LogP contribution is 2.00. The summed E-state index contributed by atoms with van der Waals surface area (Å²) in [5.41, 5.74) is 0. The SMILES string of the molecule is CNCCc1noc(CCCO)n1. The van der Waals surface area contributed by atoms with Crippen molar-refractivity contribution >= 4 is 0 Å². The van der Waals surface area contributed by atoms with E-state index in [-0.39, 0.29) is 6.61 Å². The summed E-state index contributed by atoms with van der Waals surface area (Å²) in [5.74, 6) is 1.34. The third kappa shape index (κ3) is 3.52. The van der Waals surface area contributed by atoms with E-state index in [0.717, 1.165) is 18.8 Å². The van der Waals surface area contributed by atoms with Crippen LogP contribution in [0.3, 0.4) is 0 Å². The van der Waals surface area contributed by atoms with E-state index in [4.69, 9.17) is 9.63 Å². The first-order valence-corrected chi connectivity index (χ1v) is 4.43. The maximum atomic E-state index is 8.58. The van der Waals surface area contributed by atoms with Crippen LogP contribution in [0, 0.1) is 0 Å². The van der Waals surface area contributed by atoms with E-state index in [9.17, 15) is 0 Å². The van der Waals surface area contributed by atoms with Gasteiger partial charge in [0.25, 0.3) is 0 Å². The first-order valence-electron chi connectivity index (χ1n) is 4.43. The molecule has 0 fully saturated rings. The molecule has 0 bridgehead atoms. The molecule has 0 aromatic carbocycles. The molecular weight excluding hydrogens is 170 g/mol. The molecule has 0 atom stereocenters. The number of rotatable bonds is 6. The highest BCUT2D eigenvalue weighted by molar-refractivity contribution is 4.86. The molecule has 0 amide bonds. The lowest BCUT2D eigenvalue weighted by Crippen LogP contribution is -2.11. The Bertz CT molecular complexity index is 215. The average molecular weight is 185 g/mol. The van der Waals surface area contributed by atoms with Crippen LogP contribution in [0.25, 0.3) is 0 Å². The lowest BCUT2D eigenvalue weighted by Gasteiger charge is -1.90. The first kappa shape index (κ1) is 10.1. The van der Waals surface area contributed by atoms with Crippen LogP contribution in [0.5, 0.6) is 0 Å². The molecule has 0 aliphatic rings. The number of hydrogen-bond acceptors (Lipinski definition) is 5. The minimum atomic E-state index is 0.161. The second-order valence-electron chi connectivity index (χ2n) is 2.79. The zero-order chi connectivity index (χ0) is 9.52. The lowest BCUT2D eigenvalue weighted by molar-refractivity contribution is 0.278. The van der Waals surface area contributed by atoms with Gasteiger partial charge in [0.15, 0.2) is 5.82 Å². The van der Waals surface area contributed by atoms with Gasteiger partial charge in [-0.3, -0.25) is 0 Å². The standard InChI is InChI=1S/C8H15N3O2/c1-9-5-4-7-10-8(13-11-7)3-2-6-12/h9,12H,2-6H2,1H3. The van der Waals surface area contributed by atoms with Crippen molar-refractivity contribution in [2.75, 3.05) is 20.2 Å². The van der Waals surface area contributed by atoms with Crippen LogP contribution in [0.15, 0.2) is 4.52 Å². The summed E-state index contributed by atoms with van der Waals surface area (Å²) in [5, 5.41) is 15.4. The fourth-order valence-electron chi connectivity index (χ4n) is 0.960. The van der Waals surface area contributed by atoms with Crippen LogP contribution in [0.4, 0.5) is 0 Å². The van der Waals surface area contributed by atoms with Gasteiger partial charge in [-0.2, -0.15) is 4.98 Å². The highest BCUT2D eigenvalue weighted by Gasteiger charge is 2.04. The van der Waals surface area contributed by atoms with E-state index < -0.39 is 0 Å². The van der Waals surface area contributed by atoms with E-state index >= 15 is 0 Å². The highest BCUT2D eigenvalue weighted by atomic mass is 16.5. The van der Waals surface area contributed by atoms with Crippen molar-refractivity contribution in [1.82, 2.24) is 15.5 Å². The zero-order valence-corrected chi connectivity index (χ0v) is 7.79. The van der Waals surface area contributed by atoms with Crippen LogP contribution >= 0.6 is 0 Å². The molecule has 0 saturated carbocycles.